The third-order valence-electron chi connectivity index (χ3n) is 5.15. The summed E-state index contributed by atoms with van der Waals surface area (Å²) in [5, 5.41) is 4.49. The highest BCUT2D eigenvalue weighted by Crippen LogP contribution is 2.50. The molecule has 1 unspecified atom stereocenters. The Balaban J connectivity index is 1.54. The lowest BCUT2D eigenvalue weighted by Crippen LogP contribution is -2.23. The van der Waals surface area contributed by atoms with E-state index in [-0.39, 0.29) is 0 Å². The number of fused-ring (bicyclic) bond motifs is 1. The number of nitrogens with one attached hydrogen (secondary N) is 2. The van der Waals surface area contributed by atoms with Gasteiger partial charge in [0.1, 0.15) is 0 Å². The Morgan fingerprint density at radius 2 is 2.04 bits per heavy atom. The van der Waals surface area contributed by atoms with Gasteiger partial charge in [-0.25, -0.2) is 14.3 Å². The highest BCUT2D eigenvalue weighted by Gasteiger charge is 2.40. The van der Waals surface area contributed by atoms with E-state index in [9.17, 15) is 9.59 Å². The molecule has 1 aliphatic rings. The number of imidazole rings is 1. The van der Waals surface area contributed by atoms with Crippen molar-refractivity contribution in [2.75, 3.05) is 0 Å². The van der Waals surface area contributed by atoms with Crippen LogP contribution in [-0.4, -0.2) is 24.6 Å². The van der Waals surface area contributed by atoms with Crippen LogP contribution in [0.15, 0.2) is 64.6 Å². The summed E-state index contributed by atoms with van der Waals surface area (Å²) in [7, 11) is 0. The molecule has 134 valence electrons. The minimum absolute atomic E-state index is 0.340. The summed E-state index contributed by atoms with van der Waals surface area (Å²) in [5.41, 5.74) is 3.13. The molecule has 2 atom stereocenters. The monoisotopic (exact) mass is 359 g/mol. The molecule has 0 saturated heterocycles. The van der Waals surface area contributed by atoms with Crippen LogP contribution in [0.5, 0.6) is 0 Å². The zero-order valence-corrected chi connectivity index (χ0v) is 14.4. The fraction of sp³-hybridized carbons (Fsp3) is 0.200. The van der Waals surface area contributed by atoms with Gasteiger partial charge in [-0.15, -0.1) is 0 Å². The Morgan fingerprint density at radius 1 is 1.19 bits per heavy atom. The maximum atomic E-state index is 12.2. The lowest BCUT2D eigenvalue weighted by molar-refractivity contribution is 0.790. The summed E-state index contributed by atoms with van der Waals surface area (Å²) in [5.74, 6) is 0.940. The number of hydrogen-bond acceptors (Lipinski definition) is 4. The van der Waals surface area contributed by atoms with Gasteiger partial charge < -0.3 is 4.98 Å². The Bertz CT molecular complexity index is 1240. The van der Waals surface area contributed by atoms with E-state index in [2.05, 4.69) is 44.3 Å². The predicted molar refractivity (Wildman–Crippen MR) is 101 cm³/mol. The van der Waals surface area contributed by atoms with Crippen LogP contribution in [0, 0.1) is 5.92 Å². The zero-order chi connectivity index (χ0) is 18.4. The quantitative estimate of drug-likeness (QED) is 0.583. The molecule has 1 fully saturated rings. The van der Waals surface area contributed by atoms with Crippen molar-refractivity contribution in [3.05, 3.63) is 87.0 Å². The van der Waals surface area contributed by atoms with Gasteiger partial charge in [0.05, 0.1) is 11.3 Å². The van der Waals surface area contributed by atoms with Gasteiger partial charge in [0, 0.05) is 24.2 Å². The van der Waals surface area contributed by atoms with Crippen LogP contribution < -0.4 is 11.2 Å². The van der Waals surface area contributed by atoms with E-state index >= 15 is 0 Å². The van der Waals surface area contributed by atoms with Crippen molar-refractivity contribution < 1.29 is 0 Å². The van der Waals surface area contributed by atoms with Gasteiger partial charge in [-0.3, -0.25) is 9.78 Å². The summed E-state index contributed by atoms with van der Waals surface area (Å²) >= 11 is 0. The topological polar surface area (TPSA) is 95.9 Å². The van der Waals surface area contributed by atoms with Gasteiger partial charge in [-0.05, 0) is 36.3 Å². The van der Waals surface area contributed by atoms with E-state index in [1.165, 1.54) is 11.8 Å². The molecule has 1 aromatic carbocycles. The van der Waals surface area contributed by atoms with Gasteiger partial charge in [0.15, 0.2) is 5.65 Å². The minimum Gasteiger partial charge on any atom is -0.313 e. The average molecular weight is 359 g/mol. The van der Waals surface area contributed by atoms with Gasteiger partial charge in [-0.2, -0.15) is 5.10 Å². The fourth-order valence-electron chi connectivity index (χ4n) is 3.72. The summed E-state index contributed by atoms with van der Waals surface area (Å²) < 4.78 is 1.70. The predicted octanol–water partition coefficient (Wildman–Crippen LogP) is 2.12. The first-order valence-electron chi connectivity index (χ1n) is 8.89. The number of aromatic amines is 2. The number of hydrogen-bond donors (Lipinski definition) is 2. The lowest BCUT2D eigenvalue weighted by atomic mass is 10.0. The van der Waals surface area contributed by atoms with Gasteiger partial charge in [-0.1, -0.05) is 30.3 Å². The molecule has 7 nitrogen and oxygen atoms in total. The first-order valence-corrected chi connectivity index (χ1v) is 8.89. The molecular formula is C20H17N5O2. The molecule has 3 heterocycles. The van der Waals surface area contributed by atoms with Crippen LogP contribution in [0.2, 0.25) is 0 Å². The van der Waals surface area contributed by atoms with Gasteiger partial charge >= 0.3 is 5.69 Å². The van der Waals surface area contributed by atoms with Crippen LogP contribution in [-0.2, 0) is 6.42 Å². The van der Waals surface area contributed by atoms with E-state index in [1.807, 2.05) is 12.1 Å². The van der Waals surface area contributed by atoms with Gasteiger partial charge in [0.2, 0.25) is 0 Å². The molecular weight excluding hydrogens is 342 g/mol. The zero-order valence-electron chi connectivity index (χ0n) is 14.4. The number of nitrogens with zero attached hydrogens (tertiary/aromatic N) is 3. The van der Waals surface area contributed by atoms with Crippen molar-refractivity contribution in [1.29, 1.82) is 0 Å². The van der Waals surface area contributed by atoms with Crippen LogP contribution in [0.3, 0.4) is 0 Å². The molecule has 3 aromatic heterocycles. The Labute approximate surface area is 153 Å². The third-order valence-corrected chi connectivity index (χ3v) is 5.15. The highest BCUT2D eigenvalue weighted by molar-refractivity contribution is 5.63. The van der Waals surface area contributed by atoms with E-state index in [0.717, 1.165) is 24.1 Å². The highest BCUT2D eigenvalue weighted by atomic mass is 16.2. The van der Waals surface area contributed by atoms with Crippen molar-refractivity contribution in [1.82, 2.24) is 24.6 Å². The molecule has 5 rings (SSSR count). The van der Waals surface area contributed by atoms with E-state index < -0.39 is 11.2 Å². The first-order chi connectivity index (χ1) is 13.2. The van der Waals surface area contributed by atoms with Crippen molar-refractivity contribution in [2.24, 2.45) is 5.92 Å². The fourth-order valence-corrected chi connectivity index (χ4v) is 3.72. The first kappa shape index (κ1) is 15.7. The third kappa shape index (κ3) is 2.87. The number of H-pyrrole nitrogens is 2. The van der Waals surface area contributed by atoms with E-state index in [1.54, 1.807) is 16.9 Å². The number of rotatable bonds is 4. The van der Waals surface area contributed by atoms with E-state index in [4.69, 9.17) is 0 Å². The van der Waals surface area contributed by atoms with Crippen LogP contribution in [0.1, 0.15) is 23.5 Å². The Kier molecular flexibility index (Phi) is 3.53. The maximum absolute atomic E-state index is 12.2. The maximum Gasteiger partial charge on any atom is 0.325 e. The SMILES string of the molecule is O=c1[nH]cc(-c2cc(C3C[C@H]3Cc3ccccc3)c3nccn3n2)c(=O)[nH]1. The summed E-state index contributed by atoms with van der Waals surface area (Å²) in [6, 6.07) is 12.4. The number of aromatic nitrogens is 5. The van der Waals surface area contributed by atoms with Crippen molar-refractivity contribution in [3.8, 4) is 11.3 Å². The molecule has 2 N–H and O–H groups in total. The molecule has 7 heteroatoms. The average Bonchev–Trinajstić information content (AvgIpc) is 3.25. The molecule has 0 bridgehead atoms. The second-order valence-electron chi connectivity index (χ2n) is 6.96. The van der Waals surface area contributed by atoms with Gasteiger partial charge in [0.25, 0.3) is 5.56 Å². The molecule has 27 heavy (non-hydrogen) atoms. The molecule has 0 aliphatic heterocycles. The number of benzene rings is 1. The van der Waals surface area contributed by atoms with Crippen molar-refractivity contribution >= 4 is 5.65 Å². The molecule has 0 spiro atoms. The van der Waals surface area contributed by atoms with Crippen LogP contribution in [0.25, 0.3) is 16.9 Å². The van der Waals surface area contributed by atoms with Crippen molar-refractivity contribution in [2.45, 2.75) is 18.8 Å². The lowest BCUT2D eigenvalue weighted by Gasteiger charge is -2.07. The summed E-state index contributed by atoms with van der Waals surface area (Å²) in [6.07, 6.45) is 7.00. The Hall–Kier alpha value is -3.48. The molecule has 1 saturated carbocycles. The smallest absolute Gasteiger partial charge is 0.313 e. The second-order valence-corrected chi connectivity index (χ2v) is 6.96. The standard InChI is InChI=1S/C20H17N5O2/c26-19-16(11-22-20(27)23-19)17-10-15(18-21-6-7-25(18)24-17)14-9-13(14)8-12-4-2-1-3-5-12/h1-7,10-11,13-14H,8-9H2,(H2,22,23,26,27)/t13-,14?/m1/s1. The normalized spacial score (nSPS) is 18.7. The summed E-state index contributed by atoms with van der Waals surface area (Å²) in [4.78, 5) is 32.7. The summed E-state index contributed by atoms with van der Waals surface area (Å²) in [6.45, 7) is 0. The molecule has 0 amide bonds. The van der Waals surface area contributed by atoms with Crippen molar-refractivity contribution in [3.63, 3.8) is 0 Å². The van der Waals surface area contributed by atoms with E-state index in [0.29, 0.717) is 23.1 Å². The largest absolute Gasteiger partial charge is 0.325 e. The molecule has 4 aromatic rings. The van der Waals surface area contributed by atoms with Crippen LogP contribution in [0.4, 0.5) is 0 Å². The molecule has 1 aliphatic carbocycles. The van der Waals surface area contributed by atoms with Crippen LogP contribution >= 0.6 is 0 Å². The second kappa shape index (κ2) is 6.05. The molecule has 0 radical (unpaired) electrons. The minimum atomic E-state index is -0.530. The Morgan fingerprint density at radius 3 is 2.85 bits per heavy atom.